The summed E-state index contributed by atoms with van der Waals surface area (Å²) in [5.74, 6) is 1.32. The Hall–Kier alpha value is -1.73. The van der Waals surface area contributed by atoms with Crippen LogP contribution in [0.1, 0.15) is 22.7 Å². The highest BCUT2D eigenvalue weighted by atomic mass is 127. The van der Waals surface area contributed by atoms with Crippen LogP contribution in [-0.4, -0.2) is 17.1 Å². The summed E-state index contributed by atoms with van der Waals surface area (Å²) in [6.45, 7) is 0. The minimum Gasteiger partial charge on any atom is -0.497 e. The van der Waals surface area contributed by atoms with Gasteiger partial charge >= 0.3 is 0 Å². The number of nitrogens with two attached hydrogens (primary N) is 1. The van der Waals surface area contributed by atoms with E-state index >= 15 is 0 Å². The second kappa shape index (κ2) is 7.44. The number of H-pyrrole nitrogens is 1. The fraction of sp³-hybridized carbons (Fsp3) is 0.167. The molecule has 2 aromatic carbocycles. The maximum Gasteiger partial charge on any atom is 0.197 e. The first-order chi connectivity index (χ1) is 11.6. The van der Waals surface area contributed by atoms with Gasteiger partial charge in [-0.3, -0.25) is 0 Å². The molecule has 1 aromatic heterocycles. The van der Waals surface area contributed by atoms with E-state index in [4.69, 9.17) is 22.1 Å². The normalized spacial score (nSPS) is 12.1. The van der Waals surface area contributed by atoms with Gasteiger partial charge in [-0.1, -0.05) is 29.8 Å². The number of nitrogens with one attached hydrogen (secondary N) is 1. The summed E-state index contributed by atoms with van der Waals surface area (Å²) < 4.78 is 6.37. The van der Waals surface area contributed by atoms with Gasteiger partial charge in [-0.2, -0.15) is 0 Å². The molecule has 24 heavy (non-hydrogen) atoms. The van der Waals surface area contributed by atoms with Gasteiger partial charge in [0, 0.05) is 20.2 Å². The van der Waals surface area contributed by atoms with Crippen molar-refractivity contribution in [3.63, 3.8) is 0 Å². The van der Waals surface area contributed by atoms with Crippen LogP contribution in [0.2, 0.25) is 5.02 Å². The first kappa shape index (κ1) is 17.1. The van der Waals surface area contributed by atoms with Crippen LogP contribution in [0.4, 0.5) is 5.95 Å². The molecule has 0 aliphatic heterocycles. The van der Waals surface area contributed by atoms with Crippen molar-refractivity contribution < 1.29 is 4.74 Å². The number of ether oxygens (including phenoxy) is 1. The van der Waals surface area contributed by atoms with Crippen molar-refractivity contribution in [2.45, 2.75) is 12.3 Å². The second-order valence-corrected chi connectivity index (χ2v) is 7.14. The highest BCUT2D eigenvalue weighted by Gasteiger charge is 2.19. The Morgan fingerprint density at radius 3 is 2.58 bits per heavy atom. The van der Waals surface area contributed by atoms with Gasteiger partial charge in [-0.15, -0.1) is 0 Å². The van der Waals surface area contributed by atoms with Gasteiger partial charge in [0.25, 0.3) is 0 Å². The van der Waals surface area contributed by atoms with E-state index in [0.29, 0.717) is 5.95 Å². The zero-order valence-electron chi connectivity index (χ0n) is 13.1. The van der Waals surface area contributed by atoms with Crippen LogP contribution in [0.25, 0.3) is 0 Å². The third-order valence-corrected chi connectivity index (χ3v) is 4.97. The Morgan fingerprint density at radius 1 is 1.25 bits per heavy atom. The van der Waals surface area contributed by atoms with Crippen LogP contribution in [-0.2, 0) is 6.42 Å². The van der Waals surface area contributed by atoms with Crippen LogP contribution in [0.5, 0.6) is 5.75 Å². The van der Waals surface area contributed by atoms with E-state index < -0.39 is 0 Å². The number of benzene rings is 2. The Kier molecular flexibility index (Phi) is 5.30. The van der Waals surface area contributed by atoms with Crippen molar-refractivity contribution in [3.05, 3.63) is 74.1 Å². The lowest BCUT2D eigenvalue weighted by molar-refractivity contribution is 0.414. The molecule has 0 radical (unpaired) electrons. The quantitative estimate of drug-likeness (QED) is 0.554. The summed E-state index contributed by atoms with van der Waals surface area (Å²) in [5, 5.41) is 0.771. The van der Waals surface area contributed by atoms with Crippen molar-refractivity contribution in [1.29, 1.82) is 0 Å². The largest absolute Gasteiger partial charge is 0.497 e. The molecule has 6 heteroatoms. The van der Waals surface area contributed by atoms with Crippen LogP contribution in [0, 0.1) is 3.57 Å². The van der Waals surface area contributed by atoms with Crippen molar-refractivity contribution in [2.75, 3.05) is 12.8 Å². The molecular weight excluding hydrogens is 437 g/mol. The molecule has 3 N–H and O–H groups in total. The van der Waals surface area contributed by atoms with Crippen molar-refractivity contribution in [3.8, 4) is 5.75 Å². The zero-order valence-corrected chi connectivity index (χ0v) is 16.0. The molecule has 1 atom stereocenters. The standard InChI is InChI=1S/C18H17ClIN3O/c1-24-14-6-3-11(4-7-14)15(17-10-22-18(21)23-17)8-12-2-5-13(20)9-16(12)19/h2-7,9-10,15H,8H2,1H3,(H3,21,22,23). The summed E-state index contributed by atoms with van der Waals surface area (Å²) in [5.41, 5.74) is 8.97. The van der Waals surface area contributed by atoms with Crippen molar-refractivity contribution in [2.24, 2.45) is 0 Å². The Morgan fingerprint density at radius 2 is 2.00 bits per heavy atom. The van der Waals surface area contributed by atoms with E-state index in [1.807, 2.05) is 18.2 Å². The smallest absolute Gasteiger partial charge is 0.197 e. The lowest BCUT2D eigenvalue weighted by Crippen LogP contribution is -2.06. The first-order valence-corrected chi connectivity index (χ1v) is 8.90. The predicted octanol–water partition coefficient (Wildman–Crippen LogP) is 4.63. The zero-order chi connectivity index (χ0) is 17.1. The lowest BCUT2D eigenvalue weighted by atomic mass is 9.89. The summed E-state index contributed by atoms with van der Waals surface area (Å²) >= 11 is 8.69. The minimum atomic E-state index is 0.0817. The highest BCUT2D eigenvalue weighted by molar-refractivity contribution is 14.1. The van der Waals surface area contributed by atoms with Gasteiger partial charge in [0.15, 0.2) is 5.95 Å². The molecule has 4 nitrogen and oxygen atoms in total. The number of rotatable bonds is 5. The van der Waals surface area contributed by atoms with E-state index in [2.05, 4.69) is 56.8 Å². The van der Waals surface area contributed by atoms with E-state index in [-0.39, 0.29) is 5.92 Å². The van der Waals surface area contributed by atoms with E-state index in [9.17, 15) is 0 Å². The maximum atomic E-state index is 6.43. The fourth-order valence-electron chi connectivity index (χ4n) is 2.68. The van der Waals surface area contributed by atoms with Gasteiger partial charge in [-0.25, -0.2) is 4.98 Å². The molecule has 3 aromatic rings. The molecule has 1 heterocycles. The van der Waals surface area contributed by atoms with Gasteiger partial charge in [0.2, 0.25) is 0 Å². The number of anilines is 1. The molecule has 0 amide bonds. The van der Waals surface area contributed by atoms with Gasteiger partial charge in [0.1, 0.15) is 5.75 Å². The van der Waals surface area contributed by atoms with Crippen LogP contribution in [0.15, 0.2) is 48.7 Å². The molecule has 0 fully saturated rings. The summed E-state index contributed by atoms with van der Waals surface area (Å²) in [4.78, 5) is 7.28. The lowest BCUT2D eigenvalue weighted by Gasteiger charge is -2.17. The second-order valence-electron chi connectivity index (χ2n) is 5.49. The summed E-state index contributed by atoms with van der Waals surface area (Å²) in [7, 11) is 1.66. The Labute approximate surface area is 159 Å². The molecule has 0 bridgehead atoms. The fourth-order valence-corrected chi connectivity index (χ4v) is 3.61. The predicted molar refractivity (Wildman–Crippen MR) is 106 cm³/mol. The topological polar surface area (TPSA) is 63.9 Å². The number of methoxy groups -OCH3 is 1. The highest BCUT2D eigenvalue weighted by Crippen LogP contribution is 2.32. The summed E-state index contributed by atoms with van der Waals surface area (Å²) in [6.07, 6.45) is 2.54. The van der Waals surface area contributed by atoms with Crippen LogP contribution < -0.4 is 10.5 Å². The maximum absolute atomic E-state index is 6.43. The van der Waals surface area contributed by atoms with Crippen molar-refractivity contribution in [1.82, 2.24) is 9.97 Å². The van der Waals surface area contributed by atoms with E-state index in [0.717, 1.165) is 37.6 Å². The molecule has 0 aliphatic carbocycles. The Balaban J connectivity index is 1.98. The number of halogens is 2. The SMILES string of the molecule is COc1ccc(C(Cc2ccc(I)cc2Cl)c2cnc(N)[nH]2)cc1. The molecule has 0 saturated carbocycles. The van der Waals surface area contributed by atoms with Crippen LogP contribution >= 0.6 is 34.2 Å². The van der Waals surface area contributed by atoms with Gasteiger partial charge in [0.05, 0.1) is 13.3 Å². The molecule has 0 spiro atoms. The molecular formula is C18H17ClIN3O. The average molecular weight is 454 g/mol. The minimum absolute atomic E-state index is 0.0817. The third-order valence-electron chi connectivity index (χ3n) is 3.95. The number of hydrogen-bond acceptors (Lipinski definition) is 3. The molecule has 1 unspecified atom stereocenters. The molecule has 124 valence electrons. The van der Waals surface area contributed by atoms with E-state index in [1.165, 1.54) is 0 Å². The number of aromatic amines is 1. The third kappa shape index (κ3) is 3.84. The number of imidazole rings is 1. The molecule has 0 saturated heterocycles. The molecule has 0 aliphatic rings. The van der Waals surface area contributed by atoms with Gasteiger partial charge in [-0.05, 0) is 64.4 Å². The monoisotopic (exact) mass is 453 g/mol. The first-order valence-electron chi connectivity index (χ1n) is 7.45. The van der Waals surface area contributed by atoms with Gasteiger partial charge < -0.3 is 15.5 Å². The summed E-state index contributed by atoms with van der Waals surface area (Å²) in [6, 6.07) is 14.1. The van der Waals surface area contributed by atoms with E-state index in [1.54, 1.807) is 13.3 Å². The number of hydrogen-bond donors (Lipinski definition) is 2. The number of aromatic nitrogens is 2. The average Bonchev–Trinajstić information content (AvgIpc) is 3.00. The Bertz CT molecular complexity index is 833. The van der Waals surface area contributed by atoms with Crippen molar-refractivity contribution >= 4 is 40.1 Å². The molecule has 3 rings (SSSR count). The number of nitrogens with zero attached hydrogens (tertiary/aromatic N) is 1. The number of nitrogen functional groups attached to an aromatic ring is 1. The van der Waals surface area contributed by atoms with Crippen LogP contribution in [0.3, 0.4) is 0 Å².